The third-order valence-corrected chi connectivity index (χ3v) is 3.28. The lowest BCUT2D eigenvalue weighted by Crippen LogP contribution is -2.12. The van der Waals surface area contributed by atoms with Crippen LogP contribution in [0.2, 0.25) is 0 Å². The van der Waals surface area contributed by atoms with Crippen molar-refractivity contribution >= 4 is 22.4 Å². The number of benzene rings is 2. The fraction of sp³-hybridized carbons (Fsp3) is 0.0588. The first-order valence-corrected chi connectivity index (χ1v) is 6.55. The highest BCUT2D eigenvalue weighted by Gasteiger charge is 2.09. The van der Waals surface area contributed by atoms with Crippen molar-refractivity contribution in [2.75, 3.05) is 5.32 Å². The first-order valence-electron chi connectivity index (χ1n) is 6.55. The van der Waals surface area contributed by atoms with Crippen molar-refractivity contribution < 1.29 is 9.18 Å². The standard InChI is InChI=1S/C17H13FN2O/c1-11-2-4-12(5-3-11)17(21)20-16-9-14(18)8-13-10-19-7-6-15(13)16/h2-10H,1H3,(H,20,21). The van der Waals surface area contributed by atoms with Crippen LogP contribution in [0.15, 0.2) is 54.9 Å². The van der Waals surface area contributed by atoms with Crippen LogP contribution in [0.3, 0.4) is 0 Å². The molecule has 0 spiro atoms. The molecule has 1 N–H and O–H groups in total. The van der Waals surface area contributed by atoms with Crippen molar-refractivity contribution in [3.63, 3.8) is 0 Å². The number of fused-ring (bicyclic) bond motifs is 1. The maximum atomic E-state index is 13.6. The summed E-state index contributed by atoms with van der Waals surface area (Å²) in [4.78, 5) is 16.2. The van der Waals surface area contributed by atoms with E-state index in [-0.39, 0.29) is 5.91 Å². The highest BCUT2D eigenvalue weighted by molar-refractivity contribution is 6.09. The molecule has 1 aromatic heterocycles. The monoisotopic (exact) mass is 280 g/mol. The van der Waals surface area contributed by atoms with Crippen molar-refractivity contribution in [3.8, 4) is 0 Å². The van der Waals surface area contributed by atoms with E-state index in [0.717, 1.165) is 10.9 Å². The van der Waals surface area contributed by atoms with E-state index in [0.29, 0.717) is 16.6 Å². The van der Waals surface area contributed by atoms with Crippen molar-refractivity contribution in [2.45, 2.75) is 6.92 Å². The molecule has 0 aliphatic carbocycles. The van der Waals surface area contributed by atoms with Gasteiger partial charge >= 0.3 is 0 Å². The van der Waals surface area contributed by atoms with Crippen LogP contribution in [0.4, 0.5) is 10.1 Å². The summed E-state index contributed by atoms with van der Waals surface area (Å²) in [6.45, 7) is 1.95. The summed E-state index contributed by atoms with van der Waals surface area (Å²) in [5.74, 6) is -0.673. The predicted octanol–water partition coefficient (Wildman–Crippen LogP) is 3.93. The van der Waals surface area contributed by atoms with E-state index in [2.05, 4.69) is 10.3 Å². The number of anilines is 1. The Morgan fingerprint density at radius 2 is 1.90 bits per heavy atom. The number of aromatic nitrogens is 1. The number of amides is 1. The number of carbonyl (C=O) groups excluding carboxylic acids is 1. The smallest absolute Gasteiger partial charge is 0.255 e. The number of hydrogen-bond donors (Lipinski definition) is 1. The fourth-order valence-electron chi connectivity index (χ4n) is 2.18. The Kier molecular flexibility index (Phi) is 3.36. The van der Waals surface area contributed by atoms with E-state index in [1.807, 2.05) is 19.1 Å². The van der Waals surface area contributed by atoms with Crippen LogP contribution in [-0.4, -0.2) is 10.9 Å². The number of nitrogens with zero attached hydrogens (tertiary/aromatic N) is 1. The minimum absolute atomic E-state index is 0.265. The van der Waals surface area contributed by atoms with Gasteiger partial charge in [-0.1, -0.05) is 17.7 Å². The van der Waals surface area contributed by atoms with Gasteiger partial charge in [0.1, 0.15) is 5.82 Å². The van der Waals surface area contributed by atoms with Gasteiger partial charge in [-0.25, -0.2) is 4.39 Å². The summed E-state index contributed by atoms with van der Waals surface area (Å²) in [7, 11) is 0. The molecular weight excluding hydrogens is 267 g/mol. The van der Waals surface area contributed by atoms with Crippen molar-refractivity contribution in [3.05, 3.63) is 71.8 Å². The lowest BCUT2D eigenvalue weighted by molar-refractivity contribution is 0.102. The largest absolute Gasteiger partial charge is 0.321 e. The van der Waals surface area contributed by atoms with Gasteiger partial charge in [0.05, 0.1) is 5.69 Å². The lowest BCUT2D eigenvalue weighted by Gasteiger charge is -2.09. The fourth-order valence-corrected chi connectivity index (χ4v) is 2.18. The summed E-state index contributed by atoms with van der Waals surface area (Å²) < 4.78 is 13.6. The first-order chi connectivity index (χ1) is 10.1. The molecule has 3 aromatic rings. The van der Waals surface area contributed by atoms with Crippen molar-refractivity contribution in [2.24, 2.45) is 0 Å². The average molecular weight is 280 g/mol. The molecule has 0 saturated carbocycles. The van der Waals surface area contributed by atoms with Gasteiger partial charge in [-0.15, -0.1) is 0 Å². The molecule has 21 heavy (non-hydrogen) atoms. The summed E-state index contributed by atoms with van der Waals surface area (Å²) in [5.41, 5.74) is 2.05. The zero-order chi connectivity index (χ0) is 14.8. The van der Waals surface area contributed by atoms with Crippen molar-refractivity contribution in [1.82, 2.24) is 4.98 Å². The van der Waals surface area contributed by atoms with E-state index in [9.17, 15) is 9.18 Å². The zero-order valence-corrected chi connectivity index (χ0v) is 11.4. The van der Waals surface area contributed by atoms with Crippen LogP contribution in [0, 0.1) is 12.7 Å². The topological polar surface area (TPSA) is 42.0 Å². The Labute approximate surface area is 121 Å². The number of nitrogens with one attached hydrogen (secondary N) is 1. The highest BCUT2D eigenvalue weighted by atomic mass is 19.1. The Balaban J connectivity index is 1.98. The molecule has 1 amide bonds. The molecule has 3 rings (SSSR count). The minimum atomic E-state index is -0.408. The van der Waals surface area contributed by atoms with Gasteiger partial charge in [-0.2, -0.15) is 0 Å². The highest BCUT2D eigenvalue weighted by Crippen LogP contribution is 2.24. The van der Waals surface area contributed by atoms with Gasteiger partial charge in [-0.3, -0.25) is 9.78 Å². The minimum Gasteiger partial charge on any atom is -0.321 e. The number of carbonyl (C=O) groups is 1. The van der Waals surface area contributed by atoms with Gasteiger partial charge in [0, 0.05) is 28.7 Å². The lowest BCUT2D eigenvalue weighted by atomic mass is 10.1. The second kappa shape index (κ2) is 5.32. The number of pyridine rings is 1. The van der Waals surface area contributed by atoms with Gasteiger partial charge in [0.15, 0.2) is 0 Å². The predicted molar refractivity (Wildman–Crippen MR) is 80.8 cm³/mol. The first kappa shape index (κ1) is 13.2. The Morgan fingerprint density at radius 3 is 2.67 bits per heavy atom. The number of aryl methyl sites for hydroxylation is 1. The van der Waals surface area contributed by atoms with Crippen LogP contribution in [0.25, 0.3) is 10.8 Å². The van der Waals surface area contributed by atoms with Gasteiger partial charge in [-0.05, 0) is 37.3 Å². The molecule has 0 aliphatic heterocycles. The molecule has 4 heteroatoms. The van der Waals surface area contributed by atoms with Crippen molar-refractivity contribution in [1.29, 1.82) is 0 Å². The molecule has 0 bridgehead atoms. The third-order valence-electron chi connectivity index (χ3n) is 3.28. The average Bonchev–Trinajstić information content (AvgIpc) is 2.47. The molecule has 0 atom stereocenters. The molecule has 1 heterocycles. The Bertz CT molecular complexity index is 813. The molecule has 3 nitrogen and oxygen atoms in total. The molecule has 2 aromatic carbocycles. The number of hydrogen-bond acceptors (Lipinski definition) is 2. The molecule has 0 aliphatic rings. The van der Waals surface area contributed by atoms with Gasteiger partial charge in [0.25, 0.3) is 5.91 Å². The SMILES string of the molecule is Cc1ccc(C(=O)Nc2cc(F)cc3cnccc23)cc1. The second-order valence-corrected chi connectivity index (χ2v) is 4.87. The summed E-state index contributed by atoms with van der Waals surface area (Å²) in [6, 6.07) is 11.7. The molecule has 0 fully saturated rings. The third kappa shape index (κ3) is 2.74. The van der Waals surface area contributed by atoms with E-state index in [1.54, 1.807) is 30.6 Å². The van der Waals surface area contributed by atoms with E-state index < -0.39 is 5.82 Å². The maximum absolute atomic E-state index is 13.6. The molecule has 0 radical (unpaired) electrons. The molecule has 104 valence electrons. The van der Waals surface area contributed by atoms with E-state index >= 15 is 0 Å². The van der Waals surface area contributed by atoms with Crippen LogP contribution in [-0.2, 0) is 0 Å². The Hall–Kier alpha value is -2.75. The molecular formula is C17H13FN2O. The van der Waals surface area contributed by atoms with Crippen LogP contribution < -0.4 is 5.32 Å². The Morgan fingerprint density at radius 1 is 1.14 bits per heavy atom. The number of halogens is 1. The number of rotatable bonds is 2. The van der Waals surface area contributed by atoms with Gasteiger partial charge < -0.3 is 5.32 Å². The van der Waals surface area contributed by atoms with E-state index in [1.165, 1.54) is 12.1 Å². The zero-order valence-electron chi connectivity index (χ0n) is 11.4. The molecule has 0 saturated heterocycles. The van der Waals surface area contributed by atoms with Crippen LogP contribution in [0.1, 0.15) is 15.9 Å². The summed E-state index contributed by atoms with van der Waals surface area (Å²) in [6.07, 6.45) is 3.18. The second-order valence-electron chi connectivity index (χ2n) is 4.87. The normalized spacial score (nSPS) is 10.6. The van der Waals surface area contributed by atoms with Crippen LogP contribution in [0.5, 0.6) is 0 Å². The quantitative estimate of drug-likeness (QED) is 0.772. The summed E-state index contributed by atoms with van der Waals surface area (Å²) >= 11 is 0. The maximum Gasteiger partial charge on any atom is 0.255 e. The van der Waals surface area contributed by atoms with E-state index in [4.69, 9.17) is 0 Å². The molecule has 0 unspecified atom stereocenters. The van der Waals surface area contributed by atoms with Crippen LogP contribution >= 0.6 is 0 Å². The van der Waals surface area contributed by atoms with Gasteiger partial charge in [0.2, 0.25) is 0 Å². The summed E-state index contributed by atoms with van der Waals surface area (Å²) in [5, 5.41) is 4.16.